The highest BCUT2D eigenvalue weighted by atomic mass is 16.5. The summed E-state index contributed by atoms with van der Waals surface area (Å²) < 4.78 is 5.34. The van der Waals surface area contributed by atoms with Gasteiger partial charge in [-0.25, -0.2) is 4.79 Å². The normalized spacial score (nSPS) is 14.8. The highest BCUT2D eigenvalue weighted by molar-refractivity contribution is 6.41. The fourth-order valence-electron chi connectivity index (χ4n) is 5.40. The number of hydrogen-bond acceptors (Lipinski definition) is 7. The van der Waals surface area contributed by atoms with Crippen LogP contribution in [0.2, 0.25) is 0 Å². The van der Waals surface area contributed by atoms with Crippen molar-refractivity contribution < 1.29 is 33.5 Å². The lowest BCUT2D eigenvalue weighted by atomic mass is 9.85. The molecule has 0 aliphatic carbocycles. The maximum Gasteiger partial charge on any atom is 0.408 e. The van der Waals surface area contributed by atoms with E-state index in [-0.39, 0.29) is 44.1 Å². The first-order valence-electron chi connectivity index (χ1n) is 16.7. The number of hydrogen-bond donors (Lipinski definition) is 3. The molecule has 11 heteroatoms. The van der Waals surface area contributed by atoms with E-state index in [0.717, 1.165) is 24.0 Å². The van der Waals surface area contributed by atoms with E-state index in [1.54, 1.807) is 49.9 Å². The van der Waals surface area contributed by atoms with Gasteiger partial charge in [0.2, 0.25) is 29.3 Å². The van der Waals surface area contributed by atoms with E-state index in [4.69, 9.17) is 4.74 Å². The lowest BCUT2D eigenvalue weighted by molar-refractivity contribution is -0.143. The van der Waals surface area contributed by atoms with E-state index >= 15 is 0 Å². The third kappa shape index (κ3) is 12.2. The number of likely N-dealkylation sites (tertiary alicyclic amines) is 1. The lowest BCUT2D eigenvalue weighted by Gasteiger charge is -2.27. The van der Waals surface area contributed by atoms with Crippen molar-refractivity contribution in [3.05, 3.63) is 71.8 Å². The van der Waals surface area contributed by atoms with Crippen LogP contribution in [0.3, 0.4) is 0 Å². The van der Waals surface area contributed by atoms with Crippen LogP contribution >= 0.6 is 0 Å². The first-order valence-corrected chi connectivity index (χ1v) is 16.7. The summed E-state index contributed by atoms with van der Waals surface area (Å²) in [6.45, 7) is 9.95. The van der Waals surface area contributed by atoms with Gasteiger partial charge in [0, 0.05) is 31.3 Å². The number of carbonyl (C=O) groups is 6. The topological polar surface area (TPSA) is 151 Å². The molecule has 3 rings (SSSR count). The van der Waals surface area contributed by atoms with Crippen LogP contribution in [0.15, 0.2) is 60.7 Å². The third-order valence-corrected chi connectivity index (χ3v) is 8.09. The van der Waals surface area contributed by atoms with Crippen molar-refractivity contribution >= 4 is 35.4 Å². The second-order valence-electron chi connectivity index (χ2n) is 13.8. The molecule has 1 fully saturated rings. The van der Waals surface area contributed by atoms with Crippen molar-refractivity contribution in [1.82, 2.24) is 20.9 Å². The van der Waals surface area contributed by atoms with E-state index in [9.17, 15) is 28.8 Å². The Balaban J connectivity index is 1.80. The van der Waals surface area contributed by atoms with Crippen molar-refractivity contribution in [3.8, 4) is 0 Å². The van der Waals surface area contributed by atoms with Crippen LogP contribution in [-0.4, -0.2) is 71.5 Å². The fraction of sp³-hybridized carbons (Fsp3) is 0.514. The Morgan fingerprint density at radius 1 is 0.750 bits per heavy atom. The average molecular weight is 663 g/mol. The standard InChI is InChI=1S/C37H50N4O7/c1-25(2)22-29(40-36(47)48-24-27-16-10-7-11-17-27)34(45)39-30(23-26-14-8-6-9-15-26)35(46)38-28(32(43)33(44)37(3,4)5)18-19-31(42)41-20-12-13-21-41/h6-11,14-17,25,28-30H,12-13,18-24H2,1-5H3,(H,38,46)(H,39,45)(H,40,47)/t28-,29-,30-/m0/s1. The van der Waals surface area contributed by atoms with Crippen molar-refractivity contribution in [2.75, 3.05) is 13.1 Å². The molecule has 0 bridgehead atoms. The minimum Gasteiger partial charge on any atom is -0.445 e. The summed E-state index contributed by atoms with van der Waals surface area (Å²) in [5.74, 6) is -2.88. The first kappa shape index (κ1) is 37.9. The van der Waals surface area contributed by atoms with E-state index < -0.39 is 53.0 Å². The van der Waals surface area contributed by atoms with Gasteiger partial charge in [-0.2, -0.15) is 0 Å². The van der Waals surface area contributed by atoms with Gasteiger partial charge >= 0.3 is 6.09 Å². The van der Waals surface area contributed by atoms with Gasteiger partial charge in [-0.1, -0.05) is 95.3 Å². The number of amides is 4. The van der Waals surface area contributed by atoms with Gasteiger partial charge in [-0.15, -0.1) is 0 Å². The second-order valence-corrected chi connectivity index (χ2v) is 13.8. The fourth-order valence-corrected chi connectivity index (χ4v) is 5.40. The number of Topliss-reactive ketones (excluding diaryl/α,β-unsaturated/α-hetero) is 2. The molecule has 260 valence electrons. The number of ether oxygens (including phenoxy) is 1. The highest BCUT2D eigenvalue weighted by Gasteiger charge is 2.36. The van der Waals surface area contributed by atoms with Crippen LogP contribution in [-0.2, 0) is 41.7 Å². The van der Waals surface area contributed by atoms with Crippen molar-refractivity contribution in [2.45, 2.75) is 97.9 Å². The van der Waals surface area contributed by atoms with Gasteiger partial charge in [0.25, 0.3) is 0 Å². The molecule has 11 nitrogen and oxygen atoms in total. The Labute approximate surface area is 283 Å². The number of nitrogens with one attached hydrogen (secondary N) is 3. The van der Waals surface area contributed by atoms with Crippen LogP contribution in [0, 0.1) is 11.3 Å². The Kier molecular flexibility index (Phi) is 14.3. The SMILES string of the molecule is CC(C)C[C@H](NC(=O)OCc1ccccc1)C(=O)N[C@@H](Cc1ccccc1)C(=O)N[C@@H](CCC(=O)N1CCCC1)C(=O)C(=O)C(C)(C)C. The van der Waals surface area contributed by atoms with E-state index in [1.807, 2.05) is 50.2 Å². The molecule has 0 unspecified atom stereocenters. The van der Waals surface area contributed by atoms with E-state index in [1.165, 1.54) is 0 Å². The summed E-state index contributed by atoms with van der Waals surface area (Å²) >= 11 is 0. The van der Waals surface area contributed by atoms with Crippen LogP contribution < -0.4 is 16.0 Å². The quantitative estimate of drug-likeness (QED) is 0.229. The maximum absolute atomic E-state index is 13.9. The second kappa shape index (κ2) is 18.1. The molecule has 48 heavy (non-hydrogen) atoms. The van der Waals surface area contributed by atoms with Gasteiger partial charge < -0.3 is 25.6 Å². The molecule has 3 N–H and O–H groups in total. The molecule has 1 aliphatic rings. The Hall–Kier alpha value is -4.54. The molecule has 0 saturated carbocycles. The largest absolute Gasteiger partial charge is 0.445 e. The zero-order valence-electron chi connectivity index (χ0n) is 28.8. The molecular formula is C37H50N4O7. The number of nitrogens with zero attached hydrogens (tertiary/aromatic N) is 1. The van der Waals surface area contributed by atoms with Crippen LogP contribution in [0.4, 0.5) is 4.79 Å². The molecule has 0 radical (unpaired) electrons. The van der Waals surface area contributed by atoms with Crippen LogP contribution in [0.5, 0.6) is 0 Å². The monoisotopic (exact) mass is 662 g/mol. The average Bonchev–Trinajstić information content (AvgIpc) is 3.60. The summed E-state index contributed by atoms with van der Waals surface area (Å²) in [7, 11) is 0. The molecule has 1 saturated heterocycles. The third-order valence-electron chi connectivity index (χ3n) is 8.09. The van der Waals surface area contributed by atoms with Crippen LogP contribution in [0.1, 0.15) is 77.8 Å². The zero-order chi connectivity index (χ0) is 35.3. The molecule has 3 atom stereocenters. The Morgan fingerprint density at radius 3 is 1.85 bits per heavy atom. The number of rotatable bonds is 16. The summed E-state index contributed by atoms with van der Waals surface area (Å²) in [6, 6.07) is 14.7. The molecule has 0 aromatic heterocycles. The van der Waals surface area contributed by atoms with Gasteiger partial charge in [0.15, 0.2) is 0 Å². The lowest BCUT2D eigenvalue weighted by Crippen LogP contribution is -2.57. The minimum atomic E-state index is -1.26. The highest BCUT2D eigenvalue weighted by Crippen LogP contribution is 2.19. The van der Waals surface area contributed by atoms with E-state index in [0.29, 0.717) is 13.1 Å². The summed E-state index contributed by atoms with van der Waals surface area (Å²) in [5.41, 5.74) is 0.529. The maximum atomic E-state index is 13.9. The van der Waals surface area contributed by atoms with E-state index in [2.05, 4.69) is 16.0 Å². The molecule has 2 aromatic carbocycles. The number of alkyl carbamates (subject to hydrolysis) is 1. The smallest absolute Gasteiger partial charge is 0.408 e. The number of benzene rings is 2. The molecule has 2 aromatic rings. The van der Waals surface area contributed by atoms with Crippen molar-refractivity contribution in [3.63, 3.8) is 0 Å². The molecule has 1 aliphatic heterocycles. The Morgan fingerprint density at radius 2 is 1.29 bits per heavy atom. The van der Waals surface area contributed by atoms with Gasteiger partial charge in [-0.05, 0) is 42.7 Å². The summed E-state index contributed by atoms with van der Waals surface area (Å²) in [6.07, 6.45) is 1.31. The van der Waals surface area contributed by atoms with Gasteiger partial charge in [-0.3, -0.25) is 24.0 Å². The minimum absolute atomic E-state index is 0.00938. The zero-order valence-corrected chi connectivity index (χ0v) is 28.8. The predicted molar refractivity (Wildman–Crippen MR) is 182 cm³/mol. The van der Waals surface area contributed by atoms with Crippen LogP contribution in [0.25, 0.3) is 0 Å². The molecular weight excluding hydrogens is 612 g/mol. The number of carbonyl (C=O) groups excluding carboxylic acids is 6. The summed E-state index contributed by atoms with van der Waals surface area (Å²) in [4.78, 5) is 81.3. The predicted octanol–water partition coefficient (Wildman–Crippen LogP) is 4.13. The molecule has 1 heterocycles. The Bertz CT molecular complexity index is 1400. The molecule has 0 spiro atoms. The van der Waals surface area contributed by atoms with Gasteiger partial charge in [0.05, 0.1) is 6.04 Å². The van der Waals surface area contributed by atoms with Gasteiger partial charge in [0.1, 0.15) is 18.7 Å². The number of ketones is 2. The first-order chi connectivity index (χ1) is 22.7. The molecule has 4 amide bonds. The summed E-state index contributed by atoms with van der Waals surface area (Å²) in [5, 5.41) is 8.09. The van der Waals surface area contributed by atoms with Crippen molar-refractivity contribution in [1.29, 1.82) is 0 Å². The van der Waals surface area contributed by atoms with Crippen molar-refractivity contribution in [2.24, 2.45) is 11.3 Å².